The third kappa shape index (κ3) is 9.04. The summed E-state index contributed by atoms with van der Waals surface area (Å²) in [6.45, 7) is 1.73. The molecule has 3 aromatic heterocycles. The second-order valence-electron chi connectivity index (χ2n) is 13.3. The van der Waals surface area contributed by atoms with Crippen molar-refractivity contribution >= 4 is 69.6 Å². The molecule has 3 amide bonds. The van der Waals surface area contributed by atoms with Gasteiger partial charge >= 0.3 is 11.9 Å². The molecule has 0 bridgehead atoms. The Morgan fingerprint density at radius 1 is 1.00 bits per heavy atom. The van der Waals surface area contributed by atoms with E-state index in [4.69, 9.17) is 26.1 Å². The summed E-state index contributed by atoms with van der Waals surface area (Å²) in [6.07, 6.45) is 0.111. The molecule has 0 aliphatic heterocycles. The van der Waals surface area contributed by atoms with E-state index < -0.39 is 72.3 Å². The van der Waals surface area contributed by atoms with Crippen LogP contribution in [0.1, 0.15) is 36.5 Å². The number of thiophene rings is 1. The van der Waals surface area contributed by atoms with E-state index in [9.17, 15) is 24.0 Å². The largest absolute Gasteiger partial charge is 0.456 e. The Hall–Kier alpha value is -4.83. The van der Waals surface area contributed by atoms with Crippen molar-refractivity contribution in [1.82, 2.24) is 45.3 Å². The van der Waals surface area contributed by atoms with E-state index in [1.165, 1.54) is 24.7 Å². The average molecular weight is 771 g/mol. The van der Waals surface area contributed by atoms with Gasteiger partial charge in [0.2, 0.25) is 23.5 Å². The third-order valence-electron chi connectivity index (χ3n) is 8.73. The number of nitrogens with zero attached hydrogens (tertiary/aromatic N) is 6. The molecule has 0 spiro atoms. The maximum absolute atomic E-state index is 13.7. The number of halogens is 1. The lowest BCUT2D eigenvalue weighted by molar-refractivity contribution is -0.173. The number of hydrogen-bond donors (Lipinski definition) is 4. The number of carbonyl (C=O) groups excluding carboxylic acids is 5. The van der Waals surface area contributed by atoms with Crippen molar-refractivity contribution in [3.63, 3.8) is 0 Å². The molecule has 284 valence electrons. The molecule has 0 saturated heterocycles. The summed E-state index contributed by atoms with van der Waals surface area (Å²) in [4.78, 5) is 83.0. The van der Waals surface area contributed by atoms with Crippen LogP contribution >= 0.6 is 22.9 Å². The first-order valence-electron chi connectivity index (χ1n) is 17.0. The second kappa shape index (κ2) is 16.9. The minimum atomic E-state index is -1.28. The van der Waals surface area contributed by atoms with E-state index in [2.05, 4.69) is 43.1 Å². The van der Waals surface area contributed by atoms with Crippen molar-refractivity contribution in [3.8, 4) is 11.8 Å². The summed E-state index contributed by atoms with van der Waals surface area (Å²) in [7, 11) is 8.32. The molecule has 19 heteroatoms. The number of nitrogens with one attached hydrogen (secondary N) is 4. The van der Waals surface area contributed by atoms with E-state index >= 15 is 0 Å². The van der Waals surface area contributed by atoms with Crippen LogP contribution < -0.4 is 21.3 Å². The van der Waals surface area contributed by atoms with Crippen molar-refractivity contribution in [1.29, 1.82) is 0 Å². The smallest absolute Gasteiger partial charge is 0.325 e. The third-order valence-corrected chi connectivity index (χ3v) is 9.87. The first kappa shape index (κ1) is 39.4. The van der Waals surface area contributed by atoms with Gasteiger partial charge in [-0.05, 0) is 65.0 Å². The van der Waals surface area contributed by atoms with Gasteiger partial charge in [-0.15, -0.1) is 11.3 Å². The molecular formula is C34H43ClN10O7S. The minimum absolute atomic E-state index is 0.0425. The molecule has 0 radical (unpaired) electrons. The number of ether oxygens (including phenoxy) is 2. The molecule has 2 aliphatic carbocycles. The van der Waals surface area contributed by atoms with Gasteiger partial charge in [-0.1, -0.05) is 18.5 Å². The van der Waals surface area contributed by atoms with E-state index in [0.717, 1.165) is 6.42 Å². The number of anilines is 1. The summed E-state index contributed by atoms with van der Waals surface area (Å²) in [5, 5.41) is 11.0. The number of likely N-dealkylation sites (N-methyl/N-ethyl adjacent to an activating group) is 2. The molecule has 2 fully saturated rings. The number of fused-ring (bicyclic) bond motifs is 2. The molecule has 4 N–H and O–H groups in total. The first-order chi connectivity index (χ1) is 25.3. The van der Waals surface area contributed by atoms with Crippen molar-refractivity contribution in [2.24, 2.45) is 11.3 Å². The minimum Gasteiger partial charge on any atom is -0.456 e. The Morgan fingerprint density at radius 2 is 1.66 bits per heavy atom. The lowest BCUT2D eigenvalue weighted by atomic mass is 9.97. The summed E-state index contributed by atoms with van der Waals surface area (Å²) in [5.41, 5.74) is -0.520. The maximum Gasteiger partial charge on any atom is 0.325 e. The van der Waals surface area contributed by atoms with Crippen molar-refractivity contribution in [2.45, 2.75) is 38.0 Å². The van der Waals surface area contributed by atoms with Gasteiger partial charge < -0.3 is 45.1 Å². The van der Waals surface area contributed by atoms with Crippen LogP contribution in [0, 0.1) is 23.2 Å². The zero-order chi connectivity index (χ0) is 38.4. The Kier molecular flexibility index (Phi) is 12.5. The normalized spacial score (nSPS) is 21.4. The molecule has 2 saturated carbocycles. The number of amides is 3. The molecule has 0 aromatic carbocycles. The van der Waals surface area contributed by atoms with Gasteiger partial charge in [0.05, 0.1) is 40.1 Å². The predicted octanol–water partition coefficient (Wildman–Crippen LogP) is 0.249. The van der Waals surface area contributed by atoms with Gasteiger partial charge in [0.25, 0.3) is 0 Å². The average Bonchev–Trinajstić information content (AvgIpc) is 3.32. The van der Waals surface area contributed by atoms with E-state index in [0.29, 0.717) is 32.7 Å². The Morgan fingerprint density at radius 3 is 2.25 bits per heavy atom. The Labute approximate surface area is 315 Å². The van der Waals surface area contributed by atoms with Crippen LogP contribution in [0.2, 0.25) is 4.34 Å². The molecule has 5 atom stereocenters. The molecule has 2 aliphatic rings. The molecule has 17 nitrogen and oxygen atoms in total. The number of hydrogen-bond acceptors (Lipinski definition) is 14. The fraction of sp³-hybridized carbons (Fsp3) is 0.529. The van der Waals surface area contributed by atoms with Gasteiger partial charge in [-0.25, -0.2) is 15.0 Å². The van der Waals surface area contributed by atoms with Gasteiger partial charge in [0.1, 0.15) is 13.1 Å². The molecular weight excluding hydrogens is 728 g/mol. The van der Waals surface area contributed by atoms with Crippen LogP contribution in [-0.4, -0.2) is 139 Å². The van der Waals surface area contributed by atoms with Crippen LogP contribution in [0.3, 0.4) is 0 Å². The molecule has 3 heterocycles. The maximum atomic E-state index is 13.7. The standard InChI is InChI=1S/C34H43ClN10O7S/c1-7-12-37-31-27-32(42-22(41-31)11-9-19-8-10-21(35)53-19)45(18-40-27)28-20-13-34(20,33(50)36-2)30(52-26(49)15-39-24(47)17-44(5)6)29(28)51-25(48)14-38-23(46)16-43(3)4/h8,10,18,20,28-30H,7,12-17H2,1-6H3,(H,36,50)(H,38,46)(H,39,47)(H,37,41,42)/t20-,28-,29+,30+,34+/m1/s1. The predicted molar refractivity (Wildman–Crippen MR) is 196 cm³/mol. The van der Waals surface area contributed by atoms with Crippen LogP contribution in [0.15, 0.2) is 18.5 Å². The van der Waals surface area contributed by atoms with Crippen molar-refractivity contribution < 1.29 is 33.4 Å². The van der Waals surface area contributed by atoms with E-state index in [-0.39, 0.29) is 25.3 Å². The quantitative estimate of drug-likeness (QED) is 0.121. The number of rotatable bonds is 15. The van der Waals surface area contributed by atoms with Gasteiger partial charge in [-0.3, -0.25) is 24.0 Å². The fourth-order valence-electron chi connectivity index (χ4n) is 6.50. The molecule has 5 rings (SSSR count). The summed E-state index contributed by atoms with van der Waals surface area (Å²) in [5.74, 6) is 3.30. The lowest BCUT2D eigenvalue weighted by Gasteiger charge is -2.31. The molecule has 0 unspecified atom stereocenters. The topological polar surface area (TPSA) is 202 Å². The van der Waals surface area contributed by atoms with Gasteiger partial charge in [0.15, 0.2) is 29.2 Å². The highest BCUT2D eigenvalue weighted by atomic mass is 35.5. The Balaban J connectivity index is 1.55. The van der Waals surface area contributed by atoms with Crippen molar-refractivity contribution in [3.05, 3.63) is 33.5 Å². The van der Waals surface area contributed by atoms with E-state index in [1.807, 2.05) is 6.92 Å². The van der Waals surface area contributed by atoms with Crippen LogP contribution in [-0.2, 0) is 33.4 Å². The highest BCUT2D eigenvalue weighted by Gasteiger charge is 2.78. The summed E-state index contributed by atoms with van der Waals surface area (Å²) >= 11 is 7.41. The number of esters is 2. The first-order valence-corrected chi connectivity index (χ1v) is 18.2. The number of carbonyl (C=O) groups is 5. The molecule has 53 heavy (non-hydrogen) atoms. The van der Waals surface area contributed by atoms with Crippen LogP contribution in [0.5, 0.6) is 0 Å². The number of aromatic nitrogens is 4. The summed E-state index contributed by atoms with van der Waals surface area (Å²) in [6, 6.07) is 2.74. The fourth-order valence-corrected chi connectivity index (χ4v) is 7.40. The highest BCUT2D eigenvalue weighted by Crippen LogP contribution is 2.69. The Bertz CT molecular complexity index is 1940. The van der Waals surface area contributed by atoms with Gasteiger partial charge in [-0.2, -0.15) is 0 Å². The SMILES string of the molecule is CCCNc1nc(C#Cc2ccc(Cl)s2)nc2c1ncn2[C@H]1[C@H](OC(=O)CNC(=O)CN(C)C)[C@H](OC(=O)CNC(=O)CN(C)C)[C@]2(C(=O)NC)C[C@H]12. The lowest BCUT2D eigenvalue weighted by Crippen LogP contribution is -2.48. The monoisotopic (exact) mass is 770 g/mol. The highest BCUT2D eigenvalue weighted by molar-refractivity contribution is 7.16. The van der Waals surface area contributed by atoms with Crippen LogP contribution in [0.4, 0.5) is 5.82 Å². The van der Waals surface area contributed by atoms with Crippen molar-refractivity contribution in [2.75, 3.05) is 73.3 Å². The second-order valence-corrected chi connectivity index (χ2v) is 15.0. The molecule has 3 aromatic rings. The van der Waals surface area contributed by atoms with Crippen LogP contribution in [0.25, 0.3) is 11.2 Å². The van der Waals surface area contributed by atoms with E-state index in [1.54, 1.807) is 54.7 Å². The zero-order valence-corrected chi connectivity index (χ0v) is 31.9. The summed E-state index contributed by atoms with van der Waals surface area (Å²) < 4.78 is 14.3. The zero-order valence-electron chi connectivity index (χ0n) is 30.3. The number of imidazole rings is 1. The van der Waals surface area contributed by atoms with Gasteiger partial charge in [0, 0.05) is 19.5 Å².